The number of amides is 1. The molecule has 0 spiro atoms. The zero-order valence-corrected chi connectivity index (χ0v) is 16.4. The van der Waals surface area contributed by atoms with E-state index in [1.54, 1.807) is 41.6 Å². The van der Waals surface area contributed by atoms with Crippen LogP contribution < -0.4 is 4.90 Å². The summed E-state index contributed by atoms with van der Waals surface area (Å²) in [7, 11) is 1.30. The van der Waals surface area contributed by atoms with Crippen LogP contribution in [0.25, 0.3) is 10.2 Å². The van der Waals surface area contributed by atoms with Crippen LogP contribution in [0.15, 0.2) is 73.1 Å². The molecule has 0 aliphatic heterocycles. The number of pyridine rings is 1. The fraction of sp³-hybridized carbons (Fsp3) is 0.0909. The van der Waals surface area contributed by atoms with Crippen molar-refractivity contribution in [3.8, 4) is 0 Å². The Kier molecular flexibility index (Phi) is 5.31. The number of methoxy groups -OCH3 is 1. The van der Waals surface area contributed by atoms with E-state index in [1.165, 1.54) is 18.4 Å². The molecular weight excluding hydrogens is 386 g/mol. The van der Waals surface area contributed by atoms with Gasteiger partial charge < -0.3 is 4.74 Å². The number of hydrogen-bond donors (Lipinski definition) is 0. The maximum absolute atomic E-state index is 13.5. The van der Waals surface area contributed by atoms with E-state index in [4.69, 9.17) is 4.74 Å². The van der Waals surface area contributed by atoms with Crippen molar-refractivity contribution in [2.24, 2.45) is 0 Å². The van der Waals surface area contributed by atoms with Crippen molar-refractivity contribution in [3.63, 3.8) is 0 Å². The first-order valence-corrected chi connectivity index (χ1v) is 9.72. The molecule has 0 radical (unpaired) electrons. The number of anilines is 1. The number of aromatic nitrogens is 2. The number of ether oxygens (including phenoxy) is 1. The van der Waals surface area contributed by atoms with E-state index in [1.807, 2.05) is 36.4 Å². The number of hydrogen-bond acceptors (Lipinski definition) is 6. The monoisotopic (exact) mass is 403 g/mol. The minimum Gasteiger partial charge on any atom is -0.465 e. The first-order valence-electron chi connectivity index (χ1n) is 8.91. The van der Waals surface area contributed by atoms with Crippen molar-refractivity contribution in [2.45, 2.75) is 6.54 Å². The van der Waals surface area contributed by atoms with Crippen molar-refractivity contribution >= 4 is 38.6 Å². The van der Waals surface area contributed by atoms with Gasteiger partial charge in [-0.15, -0.1) is 0 Å². The van der Waals surface area contributed by atoms with Gasteiger partial charge in [0.15, 0.2) is 5.13 Å². The molecule has 0 aliphatic carbocycles. The second kappa shape index (κ2) is 8.20. The van der Waals surface area contributed by atoms with E-state index in [0.29, 0.717) is 5.13 Å². The van der Waals surface area contributed by atoms with Crippen LogP contribution in [-0.2, 0) is 11.3 Å². The number of benzene rings is 2. The highest BCUT2D eigenvalue weighted by Gasteiger charge is 2.26. The maximum Gasteiger partial charge on any atom is 0.338 e. The Bertz CT molecular complexity index is 1140. The highest BCUT2D eigenvalue weighted by atomic mass is 32.1. The summed E-state index contributed by atoms with van der Waals surface area (Å²) in [5, 5.41) is 0.555. The largest absolute Gasteiger partial charge is 0.465 e. The minimum atomic E-state index is -0.556. The van der Waals surface area contributed by atoms with Crippen molar-refractivity contribution in [1.82, 2.24) is 9.97 Å². The van der Waals surface area contributed by atoms with E-state index < -0.39 is 5.97 Å². The van der Waals surface area contributed by atoms with Crippen molar-refractivity contribution < 1.29 is 14.3 Å². The van der Waals surface area contributed by atoms with Gasteiger partial charge in [0.1, 0.15) is 0 Å². The zero-order valence-electron chi connectivity index (χ0n) is 15.6. The van der Waals surface area contributed by atoms with Gasteiger partial charge in [0.2, 0.25) is 0 Å². The molecule has 0 N–H and O–H groups in total. The Morgan fingerprint density at radius 2 is 1.76 bits per heavy atom. The zero-order chi connectivity index (χ0) is 20.2. The molecule has 7 heteroatoms. The average Bonchev–Trinajstić information content (AvgIpc) is 3.21. The molecule has 2 aromatic heterocycles. The molecule has 1 amide bonds. The summed E-state index contributed by atoms with van der Waals surface area (Å²) in [4.78, 5) is 36.1. The summed E-state index contributed by atoms with van der Waals surface area (Å²) >= 11 is 1.43. The van der Waals surface area contributed by atoms with E-state index in [-0.39, 0.29) is 23.6 Å². The van der Waals surface area contributed by atoms with Crippen LogP contribution in [0.4, 0.5) is 5.13 Å². The summed E-state index contributed by atoms with van der Waals surface area (Å²) in [5.41, 5.74) is 2.16. The van der Waals surface area contributed by atoms with Gasteiger partial charge in [-0.05, 0) is 35.9 Å². The third-order valence-corrected chi connectivity index (χ3v) is 5.44. The lowest BCUT2D eigenvalue weighted by atomic mass is 10.1. The molecule has 0 atom stereocenters. The van der Waals surface area contributed by atoms with Crippen LogP contribution in [0, 0.1) is 0 Å². The Morgan fingerprint density at radius 1 is 1.00 bits per heavy atom. The van der Waals surface area contributed by atoms with Gasteiger partial charge in [0.05, 0.1) is 35.0 Å². The molecule has 6 nitrogen and oxygen atoms in total. The molecule has 2 heterocycles. The van der Waals surface area contributed by atoms with Gasteiger partial charge in [0, 0.05) is 12.4 Å². The Morgan fingerprint density at radius 3 is 2.48 bits per heavy atom. The number of nitrogens with zero attached hydrogens (tertiary/aromatic N) is 3. The highest BCUT2D eigenvalue weighted by Crippen LogP contribution is 2.31. The van der Waals surface area contributed by atoms with Crippen molar-refractivity contribution in [1.29, 1.82) is 0 Å². The molecule has 0 saturated carbocycles. The standard InChI is InChI=1S/C22H17N3O3S/c1-28-21(27)17-9-3-2-8-16(17)20(26)25(14-15-7-6-12-23-13-15)22-24-18-10-4-5-11-19(18)29-22/h2-13H,14H2,1H3. The Balaban J connectivity index is 1.80. The number of carbonyl (C=O) groups is 2. The quantitative estimate of drug-likeness (QED) is 0.464. The molecule has 144 valence electrons. The molecule has 29 heavy (non-hydrogen) atoms. The van der Waals surface area contributed by atoms with Gasteiger partial charge in [0.25, 0.3) is 5.91 Å². The maximum atomic E-state index is 13.5. The van der Waals surface area contributed by atoms with Gasteiger partial charge in [-0.1, -0.05) is 41.7 Å². The summed E-state index contributed by atoms with van der Waals surface area (Å²) in [5.74, 6) is -0.881. The second-order valence-electron chi connectivity index (χ2n) is 6.25. The van der Waals surface area contributed by atoms with Gasteiger partial charge >= 0.3 is 5.97 Å². The minimum absolute atomic E-state index is 0.220. The number of rotatable bonds is 5. The van der Waals surface area contributed by atoms with Crippen LogP contribution in [0.2, 0.25) is 0 Å². The lowest BCUT2D eigenvalue weighted by Crippen LogP contribution is -2.31. The molecular formula is C22H17N3O3S. The summed E-state index contributed by atoms with van der Waals surface area (Å²) in [6.07, 6.45) is 3.39. The SMILES string of the molecule is COC(=O)c1ccccc1C(=O)N(Cc1cccnc1)c1nc2ccccc2s1. The van der Waals surface area contributed by atoms with Crippen LogP contribution in [0.5, 0.6) is 0 Å². The van der Waals surface area contributed by atoms with Crippen molar-refractivity contribution in [3.05, 3.63) is 89.7 Å². The summed E-state index contributed by atoms with van der Waals surface area (Å²) in [6.45, 7) is 0.280. The van der Waals surface area contributed by atoms with E-state index in [9.17, 15) is 9.59 Å². The molecule has 4 rings (SSSR count). The molecule has 0 aliphatic rings. The smallest absolute Gasteiger partial charge is 0.338 e. The van der Waals surface area contributed by atoms with E-state index in [0.717, 1.165) is 15.8 Å². The lowest BCUT2D eigenvalue weighted by Gasteiger charge is -2.21. The fourth-order valence-electron chi connectivity index (χ4n) is 2.98. The van der Waals surface area contributed by atoms with Crippen LogP contribution in [0.1, 0.15) is 26.3 Å². The predicted molar refractivity (Wildman–Crippen MR) is 112 cm³/mol. The van der Waals surface area contributed by atoms with E-state index in [2.05, 4.69) is 9.97 Å². The number of carbonyl (C=O) groups excluding carboxylic acids is 2. The Labute approximate surface area is 171 Å². The molecule has 4 aromatic rings. The number of thiazole rings is 1. The normalized spacial score (nSPS) is 10.7. The molecule has 2 aromatic carbocycles. The summed E-state index contributed by atoms with van der Waals surface area (Å²) in [6, 6.07) is 18.1. The van der Waals surface area contributed by atoms with Crippen LogP contribution in [-0.4, -0.2) is 29.0 Å². The van der Waals surface area contributed by atoms with Crippen LogP contribution in [0.3, 0.4) is 0 Å². The third kappa shape index (κ3) is 3.86. The van der Waals surface area contributed by atoms with Gasteiger partial charge in [-0.3, -0.25) is 14.7 Å². The highest BCUT2D eigenvalue weighted by molar-refractivity contribution is 7.22. The summed E-state index contributed by atoms with van der Waals surface area (Å²) < 4.78 is 5.83. The number of esters is 1. The molecule has 0 fully saturated rings. The first-order chi connectivity index (χ1) is 14.2. The fourth-order valence-corrected chi connectivity index (χ4v) is 3.94. The first kappa shape index (κ1) is 18.8. The molecule has 0 saturated heterocycles. The number of para-hydroxylation sites is 1. The molecule has 0 unspecified atom stereocenters. The van der Waals surface area contributed by atoms with Crippen LogP contribution >= 0.6 is 11.3 Å². The lowest BCUT2D eigenvalue weighted by molar-refractivity contribution is 0.0597. The predicted octanol–water partition coefficient (Wildman–Crippen LogP) is 4.32. The topological polar surface area (TPSA) is 72.4 Å². The van der Waals surface area contributed by atoms with E-state index >= 15 is 0 Å². The number of fused-ring (bicyclic) bond motifs is 1. The molecule has 0 bridgehead atoms. The van der Waals surface area contributed by atoms with Gasteiger partial charge in [-0.25, -0.2) is 9.78 Å². The second-order valence-corrected chi connectivity index (χ2v) is 7.26. The Hall–Kier alpha value is -3.58. The van der Waals surface area contributed by atoms with Crippen molar-refractivity contribution in [2.75, 3.05) is 12.0 Å². The van der Waals surface area contributed by atoms with Gasteiger partial charge in [-0.2, -0.15) is 0 Å². The third-order valence-electron chi connectivity index (χ3n) is 4.38. The average molecular weight is 403 g/mol.